The highest BCUT2D eigenvalue weighted by Crippen LogP contribution is 2.47. The van der Waals surface area contributed by atoms with Gasteiger partial charge in [0.25, 0.3) is 0 Å². The van der Waals surface area contributed by atoms with E-state index >= 15 is 0 Å². The first kappa shape index (κ1) is 11.5. The lowest BCUT2D eigenvalue weighted by molar-refractivity contribution is -0.136. The number of nitrogens with zero attached hydrogens (tertiary/aromatic N) is 2. The van der Waals surface area contributed by atoms with Crippen LogP contribution in [0.25, 0.3) is 5.52 Å². The molecule has 96 valence electrons. The maximum absolute atomic E-state index is 12.9. The van der Waals surface area contributed by atoms with Crippen molar-refractivity contribution in [1.82, 2.24) is 9.38 Å². The highest BCUT2D eigenvalue weighted by Gasteiger charge is 2.46. The maximum Gasteiger partial charge on any atom is 0.418 e. The Labute approximate surface area is 101 Å². The summed E-state index contributed by atoms with van der Waals surface area (Å²) in [6.45, 7) is 0.419. The van der Waals surface area contributed by atoms with E-state index in [0.717, 1.165) is 18.9 Å². The molecule has 2 aromatic heterocycles. The standard InChI is InChI=1S/C12H12F3N3/c13-12(14,15)8-2-1-5-18-9(8)6-17-10(18)11(7-16)3-4-11/h1-2,5-6H,3-4,7,16H2. The largest absolute Gasteiger partial charge is 0.418 e. The van der Waals surface area contributed by atoms with Crippen molar-refractivity contribution in [2.24, 2.45) is 5.73 Å². The second-order valence-electron chi connectivity index (χ2n) is 4.74. The lowest BCUT2D eigenvalue weighted by atomic mass is 10.1. The van der Waals surface area contributed by atoms with Crippen LogP contribution in [0.1, 0.15) is 24.2 Å². The quantitative estimate of drug-likeness (QED) is 0.895. The van der Waals surface area contributed by atoms with Crippen molar-refractivity contribution >= 4 is 5.52 Å². The summed E-state index contributed by atoms with van der Waals surface area (Å²) in [5.41, 5.74) is 4.91. The van der Waals surface area contributed by atoms with Crippen molar-refractivity contribution < 1.29 is 13.2 Å². The van der Waals surface area contributed by atoms with E-state index in [1.54, 1.807) is 6.20 Å². The Balaban J connectivity index is 2.22. The normalized spacial score (nSPS) is 18.2. The second kappa shape index (κ2) is 3.47. The first-order valence-electron chi connectivity index (χ1n) is 5.72. The topological polar surface area (TPSA) is 43.3 Å². The van der Waals surface area contributed by atoms with Crippen LogP contribution in [0, 0.1) is 0 Å². The number of imidazole rings is 1. The predicted octanol–water partition coefficient (Wildman–Crippen LogP) is 2.34. The Morgan fingerprint density at radius 2 is 2.11 bits per heavy atom. The number of fused-ring (bicyclic) bond motifs is 1. The van der Waals surface area contributed by atoms with Crippen molar-refractivity contribution in [2.45, 2.75) is 24.4 Å². The van der Waals surface area contributed by atoms with Crippen molar-refractivity contribution in [1.29, 1.82) is 0 Å². The second-order valence-corrected chi connectivity index (χ2v) is 4.74. The molecule has 1 fully saturated rings. The number of pyridine rings is 1. The third-order valence-corrected chi connectivity index (χ3v) is 3.59. The highest BCUT2D eigenvalue weighted by atomic mass is 19.4. The van der Waals surface area contributed by atoms with E-state index in [-0.39, 0.29) is 10.9 Å². The van der Waals surface area contributed by atoms with Crippen LogP contribution in [-0.2, 0) is 11.6 Å². The summed E-state index contributed by atoms with van der Waals surface area (Å²) in [5.74, 6) is 0.645. The van der Waals surface area contributed by atoms with Gasteiger partial charge in [-0.15, -0.1) is 0 Å². The average molecular weight is 255 g/mol. The maximum atomic E-state index is 12.9. The van der Waals surface area contributed by atoms with E-state index in [1.807, 2.05) is 0 Å². The third-order valence-electron chi connectivity index (χ3n) is 3.59. The van der Waals surface area contributed by atoms with Crippen LogP contribution in [0.2, 0.25) is 0 Å². The minimum Gasteiger partial charge on any atom is -0.329 e. The molecule has 3 nitrogen and oxygen atoms in total. The van der Waals surface area contributed by atoms with Gasteiger partial charge in [0.05, 0.1) is 17.3 Å². The molecule has 0 unspecified atom stereocenters. The van der Waals surface area contributed by atoms with Gasteiger partial charge in [-0.3, -0.25) is 0 Å². The molecule has 0 saturated heterocycles. The lowest BCUT2D eigenvalue weighted by Gasteiger charge is -2.13. The van der Waals surface area contributed by atoms with Crippen molar-refractivity contribution in [2.75, 3.05) is 6.54 Å². The first-order chi connectivity index (χ1) is 8.48. The van der Waals surface area contributed by atoms with Gasteiger partial charge in [-0.05, 0) is 25.0 Å². The van der Waals surface area contributed by atoms with Gasteiger partial charge in [-0.2, -0.15) is 13.2 Å². The predicted molar refractivity (Wildman–Crippen MR) is 60.2 cm³/mol. The first-order valence-corrected chi connectivity index (χ1v) is 5.72. The molecule has 3 rings (SSSR count). The molecule has 0 aromatic carbocycles. The fraction of sp³-hybridized carbons (Fsp3) is 0.417. The van der Waals surface area contributed by atoms with Crippen LogP contribution < -0.4 is 5.73 Å². The molecule has 0 amide bonds. The molecule has 6 heteroatoms. The van der Waals surface area contributed by atoms with Gasteiger partial charge in [0.1, 0.15) is 5.82 Å². The zero-order valence-corrected chi connectivity index (χ0v) is 9.54. The van der Waals surface area contributed by atoms with Crippen molar-refractivity contribution in [3.63, 3.8) is 0 Å². The molecule has 18 heavy (non-hydrogen) atoms. The summed E-state index contributed by atoms with van der Waals surface area (Å²) in [5, 5.41) is 0. The van der Waals surface area contributed by atoms with E-state index < -0.39 is 11.7 Å². The molecular weight excluding hydrogens is 243 g/mol. The van der Waals surface area contributed by atoms with Gasteiger partial charge in [0.2, 0.25) is 0 Å². The van der Waals surface area contributed by atoms with Crippen LogP contribution in [0.15, 0.2) is 24.5 Å². The van der Waals surface area contributed by atoms with Crippen LogP contribution in [-0.4, -0.2) is 15.9 Å². The Bertz CT molecular complexity index is 596. The summed E-state index contributed by atoms with van der Waals surface area (Å²) in [6.07, 6.45) is 0.313. The molecule has 0 aliphatic heterocycles. The number of alkyl halides is 3. The van der Waals surface area contributed by atoms with Crippen LogP contribution in [0.3, 0.4) is 0 Å². The minimum absolute atomic E-state index is 0.0970. The van der Waals surface area contributed by atoms with E-state index in [1.165, 1.54) is 16.7 Å². The monoisotopic (exact) mass is 255 g/mol. The third kappa shape index (κ3) is 1.52. The smallest absolute Gasteiger partial charge is 0.329 e. The Morgan fingerprint density at radius 1 is 1.39 bits per heavy atom. The number of nitrogens with two attached hydrogens (primary N) is 1. The molecule has 2 heterocycles. The summed E-state index contributed by atoms with van der Waals surface area (Å²) in [7, 11) is 0. The molecule has 0 radical (unpaired) electrons. The SMILES string of the molecule is NCC1(c2ncc3c(C(F)(F)F)cccn23)CC1. The van der Waals surface area contributed by atoms with Crippen molar-refractivity contribution in [3.05, 3.63) is 35.9 Å². The number of halogens is 3. The molecule has 1 saturated carbocycles. The van der Waals surface area contributed by atoms with Gasteiger partial charge in [0.15, 0.2) is 0 Å². The molecule has 2 N–H and O–H groups in total. The van der Waals surface area contributed by atoms with Crippen molar-refractivity contribution in [3.8, 4) is 0 Å². The Morgan fingerprint density at radius 3 is 2.67 bits per heavy atom. The molecule has 1 aliphatic carbocycles. The van der Waals surface area contributed by atoms with Crippen LogP contribution in [0.5, 0.6) is 0 Å². The highest BCUT2D eigenvalue weighted by molar-refractivity contribution is 5.56. The van der Waals surface area contributed by atoms with E-state index in [0.29, 0.717) is 12.4 Å². The molecule has 0 spiro atoms. The molecule has 0 atom stereocenters. The summed E-state index contributed by atoms with van der Waals surface area (Å²) >= 11 is 0. The van der Waals surface area contributed by atoms with Gasteiger partial charge in [0, 0.05) is 18.2 Å². The zero-order valence-electron chi connectivity index (χ0n) is 9.54. The van der Waals surface area contributed by atoms with E-state index in [9.17, 15) is 13.2 Å². The average Bonchev–Trinajstić information content (AvgIpc) is 3.00. The molecule has 1 aliphatic rings. The molecular formula is C12H12F3N3. The van der Waals surface area contributed by atoms with Gasteiger partial charge in [-0.1, -0.05) is 0 Å². The Hall–Kier alpha value is -1.56. The van der Waals surface area contributed by atoms with Crippen LogP contribution >= 0.6 is 0 Å². The van der Waals surface area contributed by atoms with E-state index in [2.05, 4.69) is 4.98 Å². The minimum atomic E-state index is -4.36. The number of rotatable bonds is 2. The number of aromatic nitrogens is 2. The summed E-state index contributed by atoms with van der Waals surface area (Å²) < 4.78 is 40.1. The van der Waals surface area contributed by atoms with Gasteiger partial charge in [-0.25, -0.2) is 4.98 Å². The molecule has 0 bridgehead atoms. The fourth-order valence-corrected chi connectivity index (χ4v) is 2.32. The van der Waals surface area contributed by atoms with Gasteiger partial charge >= 0.3 is 6.18 Å². The molecule has 2 aromatic rings. The number of hydrogen-bond acceptors (Lipinski definition) is 2. The number of hydrogen-bond donors (Lipinski definition) is 1. The summed E-state index contributed by atoms with van der Waals surface area (Å²) in [6, 6.07) is 2.47. The fourth-order valence-electron chi connectivity index (χ4n) is 2.32. The zero-order chi connectivity index (χ0) is 13.0. The summed E-state index contributed by atoms with van der Waals surface area (Å²) in [4.78, 5) is 4.16. The lowest BCUT2D eigenvalue weighted by Crippen LogP contribution is -2.22. The van der Waals surface area contributed by atoms with Gasteiger partial charge < -0.3 is 10.1 Å². The van der Waals surface area contributed by atoms with Crippen LogP contribution in [0.4, 0.5) is 13.2 Å². The Kier molecular flexibility index (Phi) is 2.22. The van der Waals surface area contributed by atoms with E-state index in [4.69, 9.17) is 5.73 Å².